The van der Waals surface area contributed by atoms with E-state index >= 15 is 0 Å². The molecule has 0 spiro atoms. The van der Waals surface area contributed by atoms with Crippen LogP contribution in [0, 0.1) is 17.8 Å². The average Bonchev–Trinajstić information content (AvgIpc) is 3.27. The maximum Gasteiger partial charge on any atom is 0.271 e. The Kier molecular flexibility index (Phi) is 3.36. The van der Waals surface area contributed by atoms with Crippen LogP contribution in [0.1, 0.15) is 36.0 Å². The molecule has 3 unspecified atom stereocenters. The van der Waals surface area contributed by atoms with Crippen LogP contribution in [-0.4, -0.2) is 16.4 Å². The third-order valence-corrected chi connectivity index (χ3v) is 5.52. The normalized spacial score (nSPS) is 25.7. The van der Waals surface area contributed by atoms with E-state index in [9.17, 15) is 9.59 Å². The number of nitrogens with one attached hydrogen (secondary N) is 2. The van der Waals surface area contributed by atoms with Gasteiger partial charge in [0.25, 0.3) is 5.91 Å². The van der Waals surface area contributed by atoms with Gasteiger partial charge in [-0.2, -0.15) is 0 Å². The van der Waals surface area contributed by atoms with Crippen LogP contribution < -0.4 is 10.9 Å². The number of carbonyl (C=O) groups is 2. The van der Waals surface area contributed by atoms with Gasteiger partial charge >= 0.3 is 0 Å². The minimum atomic E-state index is -0.265. The number of hydrazine groups is 1. The molecule has 23 heavy (non-hydrogen) atoms. The van der Waals surface area contributed by atoms with Gasteiger partial charge in [0.1, 0.15) is 0 Å². The average molecular weight is 311 g/mol. The van der Waals surface area contributed by atoms with Gasteiger partial charge in [-0.05, 0) is 37.2 Å². The number of para-hydroxylation sites is 1. The number of hydrogen-bond donors (Lipinski definition) is 2. The van der Waals surface area contributed by atoms with Gasteiger partial charge in [-0.3, -0.25) is 20.4 Å². The summed E-state index contributed by atoms with van der Waals surface area (Å²) in [6, 6.07) is 7.75. The monoisotopic (exact) mass is 311 g/mol. The number of amides is 2. The Labute approximate surface area is 135 Å². The predicted molar refractivity (Wildman–Crippen MR) is 87.5 cm³/mol. The molecule has 2 amide bonds. The van der Waals surface area contributed by atoms with Gasteiger partial charge in [0.2, 0.25) is 5.91 Å². The van der Waals surface area contributed by atoms with E-state index in [1.54, 1.807) is 6.20 Å². The molecule has 120 valence electrons. The number of carbonyl (C=O) groups excluding carboxylic acids is 2. The number of nitrogens with zero attached hydrogens (tertiary/aromatic N) is 1. The Bertz CT molecular complexity index is 780. The topological polar surface area (TPSA) is 63.1 Å². The third-order valence-electron chi connectivity index (χ3n) is 5.52. The van der Waals surface area contributed by atoms with Crippen molar-refractivity contribution in [3.05, 3.63) is 36.0 Å². The highest BCUT2D eigenvalue weighted by molar-refractivity contribution is 6.07. The highest BCUT2D eigenvalue weighted by Crippen LogP contribution is 2.48. The summed E-state index contributed by atoms with van der Waals surface area (Å²) in [4.78, 5) is 24.7. The van der Waals surface area contributed by atoms with Crippen LogP contribution in [0.5, 0.6) is 0 Å². The molecule has 2 N–H and O–H groups in total. The number of benzene rings is 1. The number of aromatic nitrogens is 1. The van der Waals surface area contributed by atoms with Gasteiger partial charge in [0.05, 0.1) is 5.56 Å². The Morgan fingerprint density at radius 2 is 1.96 bits per heavy atom. The zero-order chi connectivity index (χ0) is 16.0. The SMILES string of the molecule is Cn1cc(C(=O)NNC(=O)C2CC3CCC2C3)c2ccccc21. The predicted octanol–water partition coefficient (Wildman–Crippen LogP) is 2.38. The minimum Gasteiger partial charge on any atom is -0.350 e. The Hall–Kier alpha value is -2.30. The highest BCUT2D eigenvalue weighted by Gasteiger charge is 2.43. The highest BCUT2D eigenvalue weighted by atomic mass is 16.2. The quantitative estimate of drug-likeness (QED) is 0.836. The number of aryl methyl sites for hydroxylation is 1. The first kappa shape index (κ1) is 14.3. The van der Waals surface area contributed by atoms with Gasteiger partial charge in [-0.25, -0.2) is 0 Å². The molecule has 0 aliphatic heterocycles. The van der Waals surface area contributed by atoms with Crippen molar-refractivity contribution in [2.75, 3.05) is 0 Å². The summed E-state index contributed by atoms with van der Waals surface area (Å²) < 4.78 is 1.92. The lowest BCUT2D eigenvalue weighted by atomic mass is 9.88. The second-order valence-electron chi connectivity index (χ2n) is 6.90. The van der Waals surface area contributed by atoms with Gasteiger partial charge in [0, 0.05) is 30.1 Å². The van der Waals surface area contributed by atoms with Crippen molar-refractivity contribution in [2.24, 2.45) is 24.8 Å². The first-order valence-electron chi connectivity index (χ1n) is 8.27. The molecule has 2 saturated carbocycles. The largest absolute Gasteiger partial charge is 0.350 e. The van der Waals surface area contributed by atoms with Gasteiger partial charge < -0.3 is 4.57 Å². The van der Waals surface area contributed by atoms with E-state index in [0.717, 1.165) is 23.7 Å². The standard InChI is InChI=1S/C18H21N3O2/c1-21-10-15(13-4-2-3-5-16(13)21)18(23)20-19-17(22)14-9-11-6-7-12(14)8-11/h2-5,10-12,14H,6-9H2,1H3,(H,19,22)(H,20,23). The molecule has 0 radical (unpaired) electrons. The van der Waals surface area contributed by atoms with Crippen LogP contribution in [0.15, 0.2) is 30.5 Å². The summed E-state index contributed by atoms with van der Waals surface area (Å²) in [6.45, 7) is 0. The van der Waals surface area contributed by atoms with Crippen LogP contribution in [0.3, 0.4) is 0 Å². The fourth-order valence-electron chi connectivity index (χ4n) is 4.37. The number of hydrogen-bond acceptors (Lipinski definition) is 2. The van der Waals surface area contributed by atoms with Crippen molar-refractivity contribution >= 4 is 22.7 Å². The van der Waals surface area contributed by atoms with E-state index in [-0.39, 0.29) is 17.7 Å². The Morgan fingerprint density at radius 3 is 2.70 bits per heavy atom. The summed E-state index contributed by atoms with van der Waals surface area (Å²) in [5, 5.41) is 0.890. The second kappa shape index (κ2) is 5.41. The molecule has 2 fully saturated rings. The molecule has 2 aliphatic carbocycles. The molecular formula is C18H21N3O2. The maximum atomic E-state index is 12.4. The van der Waals surface area contributed by atoms with Gasteiger partial charge in [-0.15, -0.1) is 0 Å². The fourth-order valence-corrected chi connectivity index (χ4v) is 4.37. The van der Waals surface area contributed by atoms with E-state index < -0.39 is 0 Å². The summed E-state index contributed by atoms with van der Waals surface area (Å²) in [6.07, 6.45) is 6.36. The molecule has 2 bridgehead atoms. The second-order valence-corrected chi connectivity index (χ2v) is 6.90. The lowest BCUT2D eigenvalue weighted by Crippen LogP contribution is -2.45. The van der Waals surface area contributed by atoms with E-state index in [1.807, 2.05) is 35.9 Å². The molecule has 5 nitrogen and oxygen atoms in total. The summed E-state index contributed by atoms with van der Waals surface area (Å²) in [7, 11) is 1.91. The van der Waals surface area contributed by atoms with Crippen molar-refractivity contribution in [3.8, 4) is 0 Å². The molecule has 2 aliphatic rings. The van der Waals surface area contributed by atoms with Crippen molar-refractivity contribution in [2.45, 2.75) is 25.7 Å². The van der Waals surface area contributed by atoms with E-state index in [1.165, 1.54) is 12.8 Å². The Morgan fingerprint density at radius 1 is 1.13 bits per heavy atom. The molecule has 1 aromatic heterocycles. The van der Waals surface area contributed by atoms with Gasteiger partial charge in [0.15, 0.2) is 0 Å². The molecule has 4 rings (SSSR count). The first-order chi connectivity index (χ1) is 11.1. The van der Waals surface area contributed by atoms with E-state index in [4.69, 9.17) is 0 Å². The van der Waals surface area contributed by atoms with Crippen LogP contribution in [-0.2, 0) is 11.8 Å². The van der Waals surface area contributed by atoms with E-state index in [2.05, 4.69) is 10.9 Å². The summed E-state index contributed by atoms with van der Waals surface area (Å²) in [5.41, 5.74) is 6.80. The van der Waals surface area contributed by atoms with Crippen LogP contribution in [0.25, 0.3) is 10.9 Å². The van der Waals surface area contributed by atoms with Crippen molar-refractivity contribution < 1.29 is 9.59 Å². The lowest BCUT2D eigenvalue weighted by molar-refractivity contribution is -0.127. The van der Waals surface area contributed by atoms with Crippen LogP contribution in [0.4, 0.5) is 0 Å². The van der Waals surface area contributed by atoms with Crippen molar-refractivity contribution in [1.29, 1.82) is 0 Å². The number of rotatable bonds is 2. The molecule has 0 saturated heterocycles. The molecule has 2 aromatic rings. The molecule has 3 atom stereocenters. The van der Waals surface area contributed by atoms with E-state index in [0.29, 0.717) is 17.4 Å². The lowest BCUT2D eigenvalue weighted by Gasteiger charge is -2.20. The van der Waals surface area contributed by atoms with Crippen molar-refractivity contribution in [3.63, 3.8) is 0 Å². The third kappa shape index (κ3) is 2.40. The molecular weight excluding hydrogens is 290 g/mol. The first-order valence-corrected chi connectivity index (χ1v) is 8.27. The maximum absolute atomic E-state index is 12.4. The molecule has 1 heterocycles. The fraction of sp³-hybridized carbons (Fsp3) is 0.444. The smallest absolute Gasteiger partial charge is 0.271 e. The summed E-state index contributed by atoms with van der Waals surface area (Å²) >= 11 is 0. The van der Waals surface area contributed by atoms with Crippen molar-refractivity contribution in [1.82, 2.24) is 15.4 Å². The number of fused-ring (bicyclic) bond motifs is 3. The van der Waals surface area contributed by atoms with Gasteiger partial charge in [-0.1, -0.05) is 24.6 Å². The minimum absolute atomic E-state index is 0.0363. The zero-order valence-electron chi connectivity index (χ0n) is 13.2. The summed E-state index contributed by atoms with van der Waals surface area (Å²) in [5.74, 6) is 0.990. The van der Waals surface area contributed by atoms with Crippen LogP contribution in [0.2, 0.25) is 0 Å². The van der Waals surface area contributed by atoms with Crippen LogP contribution >= 0.6 is 0 Å². The Balaban J connectivity index is 1.44. The molecule has 1 aromatic carbocycles. The zero-order valence-corrected chi connectivity index (χ0v) is 13.2. The molecule has 5 heteroatoms.